The standard InChI is InChI=1S/C14H11N3O4S.ClH/c18-22(19,20)14-7-5-13(6-8-14)21-12-3-1-11(2-4-12)17-9-15-16-10-17;/h1-10H,(H,18,19,20);1H. The van der Waals surface area contributed by atoms with Crippen molar-refractivity contribution in [1.82, 2.24) is 14.8 Å². The minimum Gasteiger partial charge on any atom is -0.457 e. The third-order valence-corrected chi connectivity index (χ3v) is 3.78. The Morgan fingerprint density at radius 2 is 1.35 bits per heavy atom. The lowest BCUT2D eigenvalue weighted by atomic mass is 10.3. The van der Waals surface area contributed by atoms with Crippen LogP contribution in [-0.4, -0.2) is 27.7 Å². The maximum absolute atomic E-state index is 11.0. The van der Waals surface area contributed by atoms with Gasteiger partial charge >= 0.3 is 0 Å². The largest absolute Gasteiger partial charge is 0.457 e. The highest BCUT2D eigenvalue weighted by Gasteiger charge is 2.09. The molecule has 3 rings (SSSR count). The SMILES string of the molecule is Cl.O=S(=O)(O)c1ccc(Oc2ccc(-n3cnnc3)cc2)cc1. The van der Waals surface area contributed by atoms with Gasteiger partial charge in [0.2, 0.25) is 0 Å². The molecule has 0 saturated carbocycles. The van der Waals surface area contributed by atoms with E-state index in [9.17, 15) is 8.42 Å². The van der Waals surface area contributed by atoms with E-state index < -0.39 is 10.1 Å². The van der Waals surface area contributed by atoms with Crippen molar-refractivity contribution in [3.63, 3.8) is 0 Å². The molecule has 1 aromatic heterocycles. The molecular weight excluding hydrogens is 342 g/mol. The topological polar surface area (TPSA) is 94.3 Å². The number of halogens is 1. The molecule has 23 heavy (non-hydrogen) atoms. The first-order chi connectivity index (χ1) is 10.5. The predicted molar refractivity (Wildman–Crippen MR) is 84.9 cm³/mol. The monoisotopic (exact) mass is 353 g/mol. The molecule has 0 unspecified atom stereocenters. The van der Waals surface area contributed by atoms with Crippen LogP contribution in [0.15, 0.2) is 66.1 Å². The highest BCUT2D eigenvalue weighted by atomic mass is 35.5. The van der Waals surface area contributed by atoms with E-state index in [-0.39, 0.29) is 17.3 Å². The smallest absolute Gasteiger partial charge is 0.294 e. The number of nitrogens with zero attached hydrogens (tertiary/aromatic N) is 3. The summed E-state index contributed by atoms with van der Waals surface area (Å²) in [5, 5.41) is 7.46. The Morgan fingerprint density at radius 3 is 1.83 bits per heavy atom. The Morgan fingerprint density at radius 1 is 0.870 bits per heavy atom. The summed E-state index contributed by atoms with van der Waals surface area (Å²) in [6, 6.07) is 12.7. The summed E-state index contributed by atoms with van der Waals surface area (Å²) < 4.78 is 38.2. The number of aromatic nitrogens is 3. The Hall–Kier alpha value is -2.42. The summed E-state index contributed by atoms with van der Waals surface area (Å²) in [4.78, 5) is -0.178. The van der Waals surface area contributed by atoms with Crippen molar-refractivity contribution in [2.24, 2.45) is 0 Å². The third-order valence-electron chi connectivity index (χ3n) is 2.91. The normalized spacial score (nSPS) is 10.8. The molecular formula is C14H12ClN3O4S. The van der Waals surface area contributed by atoms with Gasteiger partial charge in [0.15, 0.2) is 0 Å². The zero-order chi connectivity index (χ0) is 15.6. The van der Waals surface area contributed by atoms with Gasteiger partial charge in [-0.15, -0.1) is 22.6 Å². The minimum absolute atomic E-state index is 0. The van der Waals surface area contributed by atoms with Crippen LogP contribution in [-0.2, 0) is 10.1 Å². The molecule has 9 heteroatoms. The molecule has 0 aliphatic carbocycles. The lowest BCUT2D eigenvalue weighted by Gasteiger charge is -2.07. The highest BCUT2D eigenvalue weighted by Crippen LogP contribution is 2.23. The molecule has 0 bridgehead atoms. The average molecular weight is 354 g/mol. The lowest BCUT2D eigenvalue weighted by Crippen LogP contribution is -1.97. The maximum Gasteiger partial charge on any atom is 0.294 e. The van der Waals surface area contributed by atoms with Gasteiger partial charge in [0, 0.05) is 5.69 Å². The van der Waals surface area contributed by atoms with Crippen molar-refractivity contribution in [2.45, 2.75) is 4.90 Å². The first-order valence-corrected chi connectivity index (χ1v) is 7.67. The fourth-order valence-corrected chi connectivity index (χ4v) is 2.32. The van der Waals surface area contributed by atoms with Crippen LogP contribution in [0.25, 0.3) is 5.69 Å². The second-order valence-electron chi connectivity index (χ2n) is 4.41. The zero-order valence-corrected chi connectivity index (χ0v) is 13.2. The molecule has 2 aromatic carbocycles. The minimum atomic E-state index is -4.19. The molecule has 3 aromatic rings. The predicted octanol–water partition coefficient (Wildman–Crippen LogP) is 2.73. The number of hydrogen-bond acceptors (Lipinski definition) is 5. The van der Waals surface area contributed by atoms with Crippen molar-refractivity contribution in [1.29, 1.82) is 0 Å². The molecule has 1 N–H and O–H groups in total. The number of ether oxygens (including phenoxy) is 1. The first kappa shape index (κ1) is 16.9. The van der Waals surface area contributed by atoms with Crippen molar-refractivity contribution < 1.29 is 17.7 Å². The van der Waals surface area contributed by atoms with Gasteiger partial charge in [0.05, 0.1) is 4.90 Å². The molecule has 0 saturated heterocycles. The molecule has 0 spiro atoms. The number of hydrogen-bond donors (Lipinski definition) is 1. The molecule has 0 radical (unpaired) electrons. The molecule has 7 nitrogen and oxygen atoms in total. The van der Waals surface area contributed by atoms with Gasteiger partial charge in [0.1, 0.15) is 24.2 Å². The summed E-state index contributed by atoms with van der Waals surface area (Å²) in [5.41, 5.74) is 0.888. The molecule has 0 aliphatic rings. The van der Waals surface area contributed by atoms with Crippen LogP contribution >= 0.6 is 12.4 Å². The van der Waals surface area contributed by atoms with E-state index in [1.54, 1.807) is 29.4 Å². The van der Waals surface area contributed by atoms with Crippen molar-refractivity contribution in [2.75, 3.05) is 0 Å². The van der Waals surface area contributed by atoms with E-state index in [4.69, 9.17) is 9.29 Å². The van der Waals surface area contributed by atoms with Crippen LogP contribution < -0.4 is 4.74 Å². The van der Waals surface area contributed by atoms with Crippen molar-refractivity contribution in [3.8, 4) is 17.2 Å². The van der Waals surface area contributed by atoms with Crippen LogP contribution in [0.1, 0.15) is 0 Å². The zero-order valence-electron chi connectivity index (χ0n) is 11.6. The summed E-state index contributed by atoms with van der Waals surface area (Å²) in [5.74, 6) is 1.06. The first-order valence-electron chi connectivity index (χ1n) is 6.23. The second kappa shape index (κ2) is 6.78. The van der Waals surface area contributed by atoms with Gasteiger partial charge < -0.3 is 4.74 Å². The maximum atomic E-state index is 11.0. The molecule has 120 valence electrons. The average Bonchev–Trinajstić information content (AvgIpc) is 3.02. The Bertz CT molecular complexity index is 863. The fourth-order valence-electron chi connectivity index (χ4n) is 1.84. The van der Waals surface area contributed by atoms with Gasteiger partial charge in [-0.3, -0.25) is 9.12 Å². The van der Waals surface area contributed by atoms with Gasteiger partial charge in [-0.05, 0) is 48.5 Å². The second-order valence-corrected chi connectivity index (χ2v) is 5.83. The van der Waals surface area contributed by atoms with Gasteiger partial charge in [0.25, 0.3) is 10.1 Å². The van der Waals surface area contributed by atoms with Gasteiger partial charge in [-0.25, -0.2) is 0 Å². The van der Waals surface area contributed by atoms with Crippen LogP contribution in [0.2, 0.25) is 0 Å². The molecule has 0 amide bonds. The Balaban J connectivity index is 0.00000192. The highest BCUT2D eigenvalue weighted by molar-refractivity contribution is 7.85. The quantitative estimate of drug-likeness (QED) is 0.725. The van der Waals surface area contributed by atoms with Gasteiger partial charge in [-0.2, -0.15) is 8.42 Å². The summed E-state index contributed by atoms with van der Waals surface area (Å²) >= 11 is 0. The van der Waals surface area contributed by atoms with Crippen molar-refractivity contribution >= 4 is 22.5 Å². The number of rotatable bonds is 4. The van der Waals surface area contributed by atoms with E-state index in [0.29, 0.717) is 11.5 Å². The lowest BCUT2D eigenvalue weighted by molar-refractivity contribution is 0.478. The fraction of sp³-hybridized carbons (Fsp3) is 0. The third kappa shape index (κ3) is 4.07. The van der Waals surface area contributed by atoms with E-state index in [2.05, 4.69) is 10.2 Å². The van der Waals surface area contributed by atoms with Crippen LogP contribution in [0.5, 0.6) is 11.5 Å². The van der Waals surface area contributed by atoms with Crippen molar-refractivity contribution in [3.05, 3.63) is 61.2 Å². The molecule has 0 aliphatic heterocycles. The van der Waals surface area contributed by atoms with E-state index in [1.807, 2.05) is 12.1 Å². The molecule has 0 fully saturated rings. The summed E-state index contributed by atoms with van der Waals surface area (Å²) in [6.45, 7) is 0. The van der Waals surface area contributed by atoms with E-state index in [0.717, 1.165) is 5.69 Å². The molecule has 0 atom stereocenters. The summed E-state index contributed by atoms with van der Waals surface area (Å²) in [6.07, 6.45) is 3.17. The Labute approximate surface area is 138 Å². The Kier molecular flexibility index (Phi) is 4.99. The van der Waals surface area contributed by atoms with E-state index in [1.165, 1.54) is 24.3 Å². The van der Waals surface area contributed by atoms with Crippen LogP contribution in [0, 0.1) is 0 Å². The van der Waals surface area contributed by atoms with Crippen LogP contribution in [0.3, 0.4) is 0 Å². The number of benzene rings is 2. The van der Waals surface area contributed by atoms with Crippen LogP contribution in [0.4, 0.5) is 0 Å². The molecule has 1 heterocycles. The summed E-state index contributed by atoms with van der Waals surface area (Å²) in [7, 11) is -4.19. The van der Waals surface area contributed by atoms with E-state index >= 15 is 0 Å². The van der Waals surface area contributed by atoms with Gasteiger partial charge in [-0.1, -0.05) is 0 Å².